The maximum atomic E-state index is 10.7. The topological polar surface area (TPSA) is 49.6 Å². The summed E-state index contributed by atoms with van der Waals surface area (Å²) in [6.07, 6.45) is 2.32. The monoisotopic (exact) mass is 323 g/mol. The molecular formula is C16H25N3O2S. The molecule has 0 unspecified atom stereocenters. The average molecular weight is 323 g/mol. The van der Waals surface area contributed by atoms with Crippen LogP contribution in [-0.2, 0) is 0 Å². The summed E-state index contributed by atoms with van der Waals surface area (Å²) in [5.41, 5.74) is 0.389. The molecule has 1 aliphatic heterocycles. The lowest BCUT2D eigenvalue weighted by atomic mass is 9.98. The number of piperidine rings is 1. The molecule has 1 saturated heterocycles. The van der Waals surface area contributed by atoms with Crippen molar-refractivity contribution in [3.63, 3.8) is 0 Å². The van der Waals surface area contributed by atoms with Gasteiger partial charge in [0.25, 0.3) is 5.69 Å². The highest BCUT2D eigenvalue weighted by molar-refractivity contribution is 7.97. The zero-order valence-corrected chi connectivity index (χ0v) is 14.6. The predicted molar refractivity (Wildman–Crippen MR) is 91.1 cm³/mol. The van der Waals surface area contributed by atoms with Gasteiger partial charge in [0, 0.05) is 41.7 Å². The first-order chi connectivity index (χ1) is 10.3. The first kappa shape index (κ1) is 17.2. The number of nitrogens with zero attached hydrogens (tertiary/aromatic N) is 3. The first-order valence-corrected chi connectivity index (χ1v) is 8.45. The molecule has 0 amide bonds. The number of hydrogen-bond acceptors (Lipinski definition) is 5. The lowest BCUT2D eigenvalue weighted by molar-refractivity contribution is -0.384. The van der Waals surface area contributed by atoms with E-state index in [9.17, 15) is 10.1 Å². The van der Waals surface area contributed by atoms with Crippen LogP contribution >= 0.6 is 11.9 Å². The van der Waals surface area contributed by atoms with Gasteiger partial charge in [-0.25, -0.2) is 4.31 Å². The molecule has 1 heterocycles. The largest absolute Gasteiger partial charge is 0.298 e. The van der Waals surface area contributed by atoms with Crippen LogP contribution in [0.2, 0.25) is 0 Å². The molecule has 1 aromatic carbocycles. The Morgan fingerprint density at radius 1 is 1.23 bits per heavy atom. The summed E-state index contributed by atoms with van der Waals surface area (Å²) < 4.78 is 2.29. The van der Waals surface area contributed by atoms with Gasteiger partial charge in [-0.2, -0.15) is 0 Å². The fourth-order valence-corrected chi connectivity index (χ4v) is 3.72. The van der Waals surface area contributed by atoms with Gasteiger partial charge in [-0.15, -0.1) is 0 Å². The molecule has 22 heavy (non-hydrogen) atoms. The lowest BCUT2D eigenvalue weighted by Crippen LogP contribution is -2.49. The van der Waals surface area contributed by atoms with Crippen LogP contribution in [0.3, 0.4) is 0 Å². The van der Waals surface area contributed by atoms with E-state index in [1.54, 1.807) is 24.1 Å². The van der Waals surface area contributed by atoms with Crippen LogP contribution in [0.1, 0.15) is 33.6 Å². The molecular weight excluding hydrogens is 298 g/mol. The molecule has 0 atom stereocenters. The van der Waals surface area contributed by atoms with Gasteiger partial charge < -0.3 is 0 Å². The number of nitro groups is 1. The van der Waals surface area contributed by atoms with Crippen LogP contribution in [-0.4, -0.2) is 45.8 Å². The van der Waals surface area contributed by atoms with E-state index in [0.29, 0.717) is 6.04 Å². The highest BCUT2D eigenvalue weighted by Gasteiger charge is 2.28. The summed E-state index contributed by atoms with van der Waals surface area (Å²) in [6, 6.07) is 7.34. The summed E-state index contributed by atoms with van der Waals surface area (Å²) in [7, 11) is 2.11. The van der Waals surface area contributed by atoms with Gasteiger partial charge in [-0.05, 0) is 64.7 Å². The zero-order chi connectivity index (χ0) is 16.3. The molecule has 0 spiro atoms. The van der Waals surface area contributed by atoms with Crippen LogP contribution in [0.5, 0.6) is 0 Å². The van der Waals surface area contributed by atoms with Crippen molar-refractivity contribution in [2.75, 3.05) is 20.1 Å². The number of hydrogen-bond donors (Lipinski definition) is 0. The smallest absolute Gasteiger partial charge is 0.269 e. The van der Waals surface area contributed by atoms with Crippen LogP contribution in [0.25, 0.3) is 0 Å². The van der Waals surface area contributed by atoms with Crippen LogP contribution in [0.4, 0.5) is 5.69 Å². The highest BCUT2D eigenvalue weighted by atomic mass is 32.2. The molecule has 1 fully saturated rings. The van der Waals surface area contributed by atoms with Gasteiger partial charge in [0.2, 0.25) is 0 Å². The fourth-order valence-electron chi connectivity index (χ4n) is 2.77. The van der Waals surface area contributed by atoms with E-state index < -0.39 is 0 Å². The highest BCUT2D eigenvalue weighted by Crippen LogP contribution is 2.30. The molecule has 0 N–H and O–H groups in total. The Hall–Kier alpha value is -1.11. The molecule has 6 heteroatoms. The second-order valence-corrected chi connectivity index (χ2v) is 8.01. The second-order valence-electron chi connectivity index (χ2n) is 6.78. The lowest BCUT2D eigenvalue weighted by Gasteiger charge is -2.42. The van der Waals surface area contributed by atoms with Crippen molar-refractivity contribution in [2.24, 2.45) is 0 Å². The first-order valence-electron chi connectivity index (χ1n) is 7.67. The molecule has 0 saturated carbocycles. The maximum Gasteiger partial charge on any atom is 0.269 e. The van der Waals surface area contributed by atoms with Gasteiger partial charge in [0.15, 0.2) is 0 Å². The predicted octanol–water partition coefficient (Wildman–Crippen LogP) is 3.80. The number of benzene rings is 1. The van der Waals surface area contributed by atoms with Gasteiger partial charge in [0.1, 0.15) is 0 Å². The third-order valence-electron chi connectivity index (χ3n) is 4.22. The maximum absolute atomic E-state index is 10.7. The third-order valence-corrected chi connectivity index (χ3v) is 5.29. The Morgan fingerprint density at radius 2 is 1.77 bits per heavy atom. The SMILES string of the molecule is CN(Sc1ccc([N+](=O)[O-])cc1)C1CCN(C(C)(C)C)CC1. The Bertz CT molecular complexity index is 505. The fraction of sp³-hybridized carbons (Fsp3) is 0.625. The quantitative estimate of drug-likeness (QED) is 0.479. The summed E-state index contributed by atoms with van der Waals surface area (Å²) >= 11 is 1.67. The number of rotatable bonds is 4. The van der Waals surface area contributed by atoms with Crippen LogP contribution in [0, 0.1) is 10.1 Å². The minimum Gasteiger partial charge on any atom is -0.298 e. The van der Waals surface area contributed by atoms with Crippen LogP contribution in [0.15, 0.2) is 29.2 Å². The van der Waals surface area contributed by atoms with E-state index in [1.807, 2.05) is 12.1 Å². The molecule has 1 aliphatic rings. The normalized spacial score (nSPS) is 17.9. The molecule has 122 valence electrons. The van der Waals surface area contributed by atoms with Gasteiger partial charge in [0.05, 0.1) is 4.92 Å². The van der Waals surface area contributed by atoms with Crippen molar-refractivity contribution >= 4 is 17.6 Å². The summed E-state index contributed by atoms with van der Waals surface area (Å²) in [5.74, 6) is 0. The van der Waals surface area contributed by atoms with Crippen molar-refractivity contribution in [1.82, 2.24) is 9.21 Å². The number of likely N-dealkylation sites (tertiary alicyclic amines) is 1. The Labute approximate surface area is 137 Å². The molecule has 0 bridgehead atoms. The van der Waals surface area contributed by atoms with Crippen molar-refractivity contribution in [3.05, 3.63) is 34.4 Å². The summed E-state index contributed by atoms with van der Waals surface area (Å²) in [6.45, 7) is 9.05. The Kier molecular flexibility index (Phi) is 5.47. The Morgan fingerprint density at radius 3 is 2.23 bits per heavy atom. The third kappa shape index (κ3) is 4.44. The Balaban J connectivity index is 1.88. The standard InChI is InChI=1S/C16H25N3O2S/c1-16(2,3)18-11-9-13(10-12-18)17(4)22-15-7-5-14(6-8-15)19(20)21/h5-8,13H,9-12H2,1-4H3. The van der Waals surface area contributed by atoms with E-state index in [2.05, 4.69) is 37.0 Å². The molecule has 0 radical (unpaired) electrons. The van der Waals surface area contributed by atoms with Crippen molar-refractivity contribution in [3.8, 4) is 0 Å². The van der Waals surface area contributed by atoms with E-state index >= 15 is 0 Å². The van der Waals surface area contributed by atoms with Crippen molar-refractivity contribution in [1.29, 1.82) is 0 Å². The van der Waals surface area contributed by atoms with E-state index in [-0.39, 0.29) is 16.1 Å². The van der Waals surface area contributed by atoms with E-state index in [1.165, 1.54) is 0 Å². The second kappa shape index (κ2) is 6.98. The van der Waals surface area contributed by atoms with Gasteiger partial charge >= 0.3 is 0 Å². The van der Waals surface area contributed by atoms with Crippen molar-refractivity contribution < 1.29 is 4.92 Å². The molecule has 0 aromatic heterocycles. The molecule has 5 nitrogen and oxygen atoms in total. The van der Waals surface area contributed by atoms with Crippen molar-refractivity contribution in [2.45, 2.75) is 50.1 Å². The summed E-state index contributed by atoms with van der Waals surface area (Å²) in [4.78, 5) is 13.9. The average Bonchev–Trinajstić information content (AvgIpc) is 2.47. The minimum atomic E-state index is -0.361. The number of non-ortho nitro benzene ring substituents is 1. The minimum absolute atomic E-state index is 0.144. The van der Waals surface area contributed by atoms with E-state index in [0.717, 1.165) is 30.8 Å². The van der Waals surface area contributed by atoms with Gasteiger partial charge in [-0.3, -0.25) is 15.0 Å². The van der Waals surface area contributed by atoms with Crippen LogP contribution < -0.4 is 0 Å². The van der Waals surface area contributed by atoms with E-state index in [4.69, 9.17) is 0 Å². The molecule has 1 aromatic rings. The molecule has 0 aliphatic carbocycles. The summed E-state index contributed by atoms with van der Waals surface area (Å²) in [5, 5.41) is 10.7. The van der Waals surface area contributed by atoms with Gasteiger partial charge in [-0.1, -0.05) is 0 Å². The zero-order valence-electron chi connectivity index (χ0n) is 13.8. The molecule has 2 rings (SSSR count). The number of nitro benzene ring substituents is 1.